The number of nitrogens with one attached hydrogen (secondary N) is 3. The molecule has 0 aromatic rings. The lowest BCUT2D eigenvalue weighted by atomic mass is 9.85. The van der Waals surface area contributed by atoms with Crippen LogP contribution in [0.2, 0.25) is 0 Å². The summed E-state index contributed by atoms with van der Waals surface area (Å²) < 4.78 is 38.8. The minimum Gasteiger partial charge on any atom is -0.356 e. The molecule has 3 aliphatic rings. The SMILES string of the molecule is CC1(C)C2CN(C(=O)[C@@H](NC(=O)C(F)(F)F)C(C)(C)C)[C@H](C(=O)NC(C#N)C[C@@H]3CCNC3=O)C21. The Kier molecular flexibility index (Phi) is 6.87. The highest BCUT2D eigenvalue weighted by atomic mass is 19.4. The summed E-state index contributed by atoms with van der Waals surface area (Å²) in [7, 11) is 0. The van der Waals surface area contributed by atoms with Gasteiger partial charge in [0.2, 0.25) is 17.7 Å². The number of fused-ring (bicyclic) bond motifs is 1. The van der Waals surface area contributed by atoms with Crippen LogP contribution >= 0.6 is 0 Å². The van der Waals surface area contributed by atoms with E-state index in [1.54, 1.807) is 5.32 Å². The van der Waals surface area contributed by atoms with Crippen molar-refractivity contribution in [2.45, 2.75) is 71.8 Å². The molecule has 3 rings (SSSR count). The fourth-order valence-electron chi connectivity index (χ4n) is 5.40. The fraction of sp³-hybridized carbons (Fsp3) is 0.783. The largest absolute Gasteiger partial charge is 0.471 e. The molecule has 2 heterocycles. The van der Waals surface area contributed by atoms with Crippen molar-refractivity contribution in [1.29, 1.82) is 5.26 Å². The Labute approximate surface area is 202 Å². The van der Waals surface area contributed by atoms with Crippen LogP contribution in [0.3, 0.4) is 0 Å². The van der Waals surface area contributed by atoms with Crippen LogP contribution < -0.4 is 16.0 Å². The van der Waals surface area contributed by atoms with Crippen LogP contribution in [0.15, 0.2) is 0 Å². The monoisotopic (exact) mass is 499 g/mol. The fourth-order valence-corrected chi connectivity index (χ4v) is 5.40. The van der Waals surface area contributed by atoms with E-state index in [-0.39, 0.29) is 36.1 Å². The van der Waals surface area contributed by atoms with E-state index in [0.717, 1.165) is 0 Å². The maximum atomic E-state index is 13.5. The van der Waals surface area contributed by atoms with Crippen LogP contribution in [-0.4, -0.2) is 65.9 Å². The van der Waals surface area contributed by atoms with Gasteiger partial charge in [-0.1, -0.05) is 34.6 Å². The van der Waals surface area contributed by atoms with E-state index in [1.807, 2.05) is 19.9 Å². The average Bonchev–Trinajstić information content (AvgIpc) is 3.10. The molecule has 3 N–H and O–H groups in total. The summed E-state index contributed by atoms with van der Waals surface area (Å²) in [4.78, 5) is 51.6. The number of halogens is 3. The number of hydrogen-bond donors (Lipinski definition) is 3. The third kappa shape index (κ3) is 5.23. The van der Waals surface area contributed by atoms with Crippen LogP contribution in [-0.2, 0) is 19.2 Å². The van der Waals surface area contributed by atoms with Crippen LogP contribution in [0.25, 0.3) is 0 Å². The lowest BCUT2D eigenvalue weighted by Gasteiger charge is -2.37. The summed E-state index contributed by atoms with van der Waals surface area (Å²) in [5.74, 6) is -4.46. The van der Waals surface area contributed by atoms with E-state index in [4.69, 9.17) is 0 Å². The van der Waals surface area contributed by atoms with Crippen LogP contribution in [0.5, 0.6) is 0 Å². The summed E-state index contributed by atoms with van der Waals surface area (Å²) in [6.45, 7) is 9.13. The Morgan fingerprint density at radius 2 is 1.86 bits per heavy atom. The van der Waals surface area contributed by atoms with Gasteiger partial charge in [-0.25, -0.2) is 0 Å². The molecule has 2 aliphatic heterocycles. The van der Waals surface area contributed by atoms with Crippen LogP contribution in [0.1, 0.15) is 47.5 Å². The van der Waals surface area contributed by atoms with E-state index >= 15 is 0 Å². The molecular formula is C23H32F3N5O4. The first-order valence-corrected chi connectivity index (χ1v) is 11.7. The van der Waals surface area contributed by atoms with Crippen molar-refractivity contribution in [2.75, 3.05) is 13.1 Å². The summed E-state index contributed by atoms with van der Waals surface area (Å²) in [6, 6.07) is -1.48. The number of rotatable bonds is 6. The molecular weight excluding hydrogens is 467 g/mol. The zero-order chi connectivity index (χ0) is 26.5. The van der Waals surface area contributed by atoms with E-state index in [2.05, 4.69) is 10.6 Å². The Bertz CT molecular complexity index is 952. The van der Waals surface area contributed by atoms with Crippen molar-refractivity contribution < 1.29 is 32.3 Å². The molecule has 3 unspecified atom stereocenters. The topological polar surface area (TPSA) is 131 Å². The van der Waals surface area contributed by atoms with Crippen molar-refractivity contribution in [3.63, 3.8) is 0 Å². The van der Waals surface area contributed by atoms with Gasteiger partial charge in [-0.3, -0.25) is 19.2 Å². The van der Waals surface area contributed by atoms with Crippen molar-refractivity contribution >= 4 is 23.6 Å². The molecule has 6 atom stereocenters. The van der Waals surface area contributed by atoms with Crippen molar-refractivity contribution in [1.82, 2.24) is 20.9 Å². The molecule has 1 aliphatic carbocycles. The van der Waals surface area contributed by atoms with Gasteiger partial charge in [-0.05, 0) is 35.5 Å². The molecule has 35 heavy (non-hydrogen) atoms. The third-order valence-corrected chi connectivity index (χ3v) is 7.56. The number of alkyl halides is 3. The number of carbonyl (C=O) groups is 4. The molecule has 0 spiro atoms. The number of nitrogens with zero attached hydrogens (tertiary/aromatic N) is 2. The number of amides is 4. The van der Waals surface area contributed by atoms with Crippen molar-refractivity contribution in [2.24, 2.45) is 28.6 Å². The van der Waals surface area contributed by atoms with Gasteiger partial charge in [0.25, 0.3) is 0 Å². The highest BCUT2D eigenvalue weighted by molar-refractivity contribution is 5.95. The third-order valence-electron chi connectivity index (χ3n) is 7.56. The molecule has 194 valence electrons. The molecule has 3 fully saturated rings. The Morgan fingerprint density at radius 1 is 1.23 bits per heavy atom. The van der Waals surface area contributed by atoms with Gasteiger partial charge in [0.15, 0.2) is 0 Å². The first-order chi connectivity index (χ1) is 16.0. The zero-order valence-corrected chi connectivity index (χ0v) is 20.5. The maximum absolute atomic E-state index is 13.5. The molecule has 9 nitrogen and oxygen atoms in total. The molecule has 2 saturated heterocycles. The van der Waals surface area contributed by atoms with E-state index in [9.17, 15) is 37.6 Å². The van der Waals surface area contributed by atoms with Gasteiger partial charge in [-0.2, -0.15) is 18.4 Å². The molecule has 0 bridgehead atoms. The summed E-state index contributed by atoms with van der Waals surface area (Å²) in [5, 5.41) is 16.7. The Balaban J connectivity index is 1.81. The normalized spacial score (nSPS) is 28.9. The second kappa shape index (κ2) is 8.99. The highest BCUT2D eigenvalue weighted by Gasteiger charge is 2.70. The molecule has 0 aromatic heterocycles. The number of hydrogen-bond acceptors (Lipinski definition) is 5. The second-order valence-electron chi connectivity index (χ2n) is 11.4. The predicted octanol–water partition coefficient (Wildman–Crippen LogP) is 1.10. The minimum atomic E-state index is -5.16. The van der Waals surface area contributed by atoms with Gasteiger partial charge >= 0.3 is 12.1 Å². The smallest absolute Gasteiger partial charge is 0.356 e. The maximum Gasteiger partial charge on any atom is 0.471 e. The van der Waals surface area contributed by atoms with Crippen LogP contribution in [0.4, 0.5) is 13.2 Å². The summed E-state index contributed by atoms with van der Waals surface area (Å²) in [5.41, 5.74) is -1.33. The van der Waals surface area contributed by atoms with Crippen LogP contribution in [0, 0.1) is 39.9 Å². The summed E-state index contributed by atoms with van der Waals surface area (Å²) >= 11 is 0. The molecule has 12 heteroatoms. The molecule has 4 amide bonds. The van der Waals surface area contributed by atoms with Crippen molar-refractivity contribution in [3.8, 4) is 6.07 Å². The van der Waals surface area contributed by atoms with E-state index < -0.39 is 53.4 Å². The number of carbonyl (C=O) groups excluding carboxylic acids is 4. The average molecular weight is 500 g/mol. The zero-order valence-electron chi connectivity index (χ0n) is 20.5. The number of nitriles is 1. The Morgan fingerprint density at radius 3 is 2.34 bits per heavy atom. The van der Waals surface area contributed by atoms with Gasteiger partial charge < -0.3 is 20.9 Å². The van der Waals surface area contributed by atoms with Gasteiger partial charge in [0.05, 0.1) is 6.07 Å². The van der Waals surface area contributed by atoms with Gasteiger partial charge in [0, 0.05) is 19.0 Å². The predicted molar refractivity (Wildman–Crippen MR) is 117 cm³/mol. The number of piperidine rings is 1. The molecule has 1 saturated carbocycles. The molecule has 0 radical (unpaired) electrons. The Hall–Kier alpha value is -2.84. The lowest BCUT2D eigenvalue weighted by Crippen LogP contribution is -2.61. The highest BCUT2D eigenvalue weighted by Crippen LogP contribution is 2.65. The first kappa shape index (κ1) is 26.8. The second-order valence-corrected chi connectivity index (χ2v) is 11.4. The van der Waals surface area contributed by atoms with Gasteiger partial charge in [0.1, 0.15) is 18.1 Å². The number of likely N-dealkylation sites (tertiary alicyclic amines) is 1. The minimum absolute atomic E-state index is 0.0396. The van der Waals surface area contributed by atoms with E-state index in [1.165, 1.54) is 25.7 Å². The lowest BCUT2D eigenvalue weighted by molar-refractivity contribution is -0.176. The molecule has 0 aromatic carbocycles. The standard InChI is InChI=1S/C23H32F3N5O4/c1-21(2,3)16(30-20(35)23(24,25)26)19(34)31-10-13-14(22(13,4)5)15(31)18(33)29-12(9-27)8-11-6-7-28-17(11)32/h11-16H,6-8,10H2,1-5H3,(H,28,32)(H,29,33)(H,30,35)/t11-,12?,13?,14?,15-,16+/m0/s1. The first-order valence-electron chi connectivity index (χ1n) is 11.7. The van der Waals surface area contributed by atoms with E-state index in [0.29, 0.717) is 13.0 Å². The van der Waals surface area contributed by atoms with Crippen molar-refractivity contribution in [3.05, 3.63) is 0 Å². The quantitative estimate of drug-likeness (QED) is 0.504. The summed E-state index contributed by atoms with van der Waals surface area (Å²) in [6.07, 6.45) is -4.49. The van der Waals surface area contributed by atoms with Gasteiger partial charge in [-0.15, -0.1) is 0 Å².